The molecule has 0 radical (unpaired) electrons. The minimum atomic E-state index is 0.484. The molecule has 21 heavy (non-hydrogen) atoms. The minimum absolute atomic E-state index is 0.484. The first-order valence-corrected chi connectivity index (χ1v) is 7.16. The number of rotatable bonds is 2. The van der Waals surface area contributed by atoms with Crippen LogP contribution in [0.2, 0.25) is 0 Å². The summed E-state index contributed by atoms with van der Waals surface area (Å²) in [5.41, 5.74) is 7.56. The molecule has 0 aliphatic rings. The van der Waals surface area contributed by atoms with Crippen LogP contribution in [0.5, 0.6) is 0 Å². The van der Waals surface area contributed by atoms with E-state index in [1.54, 1.807) is 6.20 Å². The maximum absolute atomic E-state index is 5.72. The molecule has 2 N–H and O–H groups in total. The van der Waals surface area contributed by atoms with Gasteiger partial charge in [-0.1, -0.05) is 11.2 Å². The zero-order valence-corrected chi connectivity index (χ0v) is 11.7. The molecular formula is C15H10N4OS. The SMILES string of the molecule is Nc1ccc(-c2nc(-c3ccc4ncccc4c3)no2)s1. The molecular weight excluding hydrogens is 284 g/mol. The van der Waals surface area contributed by atoms with Crippen molar-refractivity contribution >= 4 is 27.2 Å². The first-order valence-electron chi connectivity index (χ1n) is 6.34. The van der Waals surface area contributed by atoms with Crippen LogP contribution in [0.3, 0.4) is 0 Å². The highest BCUT2D eigenvalue weighted by Crippen LogP contribution is 2.30. The molecule has 3 aromatic heterocycles. The van der Waals surface area contributed by atoms with Gasteiger partial charge in [-0.3, -0.25) is 4.98 Å². The van der Waals surface area contributed by atoms with Gasteiger partial charge in [-0.05, 0) is 36.4 Å². The Morgan fingerprint density at radius 1 is 1.10 bits per heavy atom. The first-order chi connectivity index (χ1) is 10.3. The Morgan fingerprint density at radius 3 is 2.90 bits per heavy atom. The van der Waals surface area contributed by atoms with Crippen LogP contribution < -0.4 is 5.73 Å². The summed E-state index contributed by atoms with van der Waals surface area (Å²) >= 11 is 1.42. The third-order valence-corrected chi connectivity index (χ3v) is 4.03. The third kappa shape index (κ3) is 2.15. The van der Waals surface area contributed by atoms with E-state index in [1.165, 1.54) is 11.3 Å². The molecule has 5 nitrogen and oxygen atoms in total. The number of pyridine rings is 1. The van der Waals surface area contributed by atoms with Crippen molar-refractivity contribution in [2.24, 2.45) is 0 Å². The number of fused-ring (bicyclic) bond motifs is 1. The van der Waals surface area contributed by atoms with E-state index >= 15 is 0 Å². The van der Waals surface area contributed by atoms with Crippen molar-refractivity contribution in [1.82, 2.24) is 15.1 Å². The molecule has 0 unspecified atom stereocenters. The van der Waals surface area contributed by atoms with Crippen molar-refractivity contribution in [2.45, 2.75) is 0 Å². The molecule has 0 fully saturated rings. The first kappa shape index (κ1) is 12.0. The quantitative estimate of drug-likeness (QED) is 0.611. The van der Waals surface area contributed by atoms with Crippen molar-refractivity contribution in [3.63, 3.8) is 0 Å². The second-order valence-corrected chi connectivity index (χ2v) is 5.65. The van der Waals surface area contributed by atoms with Gasteiger partial charge in [0.2, 0.25) is 5.82 Å². The lowest BCUT2D eigenvalue weighted by Crippen LogP contribution is -1.83. The van der Waals surface area contributed by atoms with E-state index in [2.05, 4.69) is 15.1 Å². The van der Waals surface area contributed by atoms with Crippen LogP contribution in [0.25, 0.3) is 33.1 Å². The minimum Gasteiger partial charge on any atom is -0.391 e. The van der Waals surface area contributed by atoms with Crippen LogP contribution in [0.4, 0.5) is 5.00 Å². The van der Waals surface area contributed by atoms with Crippen molar-refractivity contribution in [2.75, 3.05) is 5.73 Å². The maximum atomic E-state index is 5.72. The normalized spacial score (nSPS) is 11.0. The van der Waals surface area contributed by atoms with Crippen LogP contribution in [0, 0.1) is 0 Å². The molecule has 102 valence electrons. The predicted molar refractivity (Wildman–Crippen MR) is 82.8 cm³/mol. The fourth-order valence-corrected chi connectivity index (χ4v) is 2.82. The molecule has 0 aliphatic heterocycles. The van der Waals surface area contributed by atoms with Gasteiger partial charge in [0.15, 0.2) is 0 Å². The summed E-state index contributed by atoms with van der Waals surface area (Å²) in [7, 11) is 0. The Balaban J connectivity index is 1.77. The highest BCUT2D eigenvalue weighted by Gasteiger charge is 2.12. The van der Waals surface area contributed by atoms with Crippen LogP contribution in [-0.4, -0.2) is 15.1 Å². The smallest absolute Gasteiger partial charge is 0.268 e. The van der Waals surface area contributed by atoms with E-state index in [1.807, 2.05) is 42.5 Å². The zero-order valence-electron chi connectivity index (χ0n) is 10.9. The number of anilines is 1. The van der Waals surface area contributed by atoms with Gasteiger partial charge in [0.1, 0.15) is 0 Å². The number of nitrogen functional groups attached to an aromatic ring is 1. The van der Waals surface area contributed by atoms with Gasteiger partial charge in [-0.25, -0.2) is 0 Å². The fourth-order valence-electron chi connectivity index (χ4n) is 2.12. The molecule has 0 aliphatic carbocycles. The van der Waals surface area contributed by atoms with Crippen LogP contribution >= 0.6 is 11.3 Å². The van der Waals surface area contributed by atoms with E-state index in [9.17, 15) is 0 Å². The molecule has 0 saturated heterocycles. The molecule has 6 heteroatoms. The number of nitrogens with two attached hydrogens (primary N) is 1. The lowest BCUT2D eigenvalue weighted by Gasteiger charge is -1.98. The van der Waals surface area contributed by atoms with E-state index in [-0.39, 0.29) is 0 Å². The molecule has 0 bridgehead atoms. The summed E-state index contributed by atoms with van der Waals surface area (Å²) < 4.78 is 5.31. The number of thiophene rings is 1. The standard InChI is InChI=1S/C15H10N4OS/c16-13-6-5-12(21-13)15-18-14(19-20-15)10-3-4-11-9(8-10)2-1-7-17-11/h1-8H,16H2. The molecule has 3 heterocycles. The average molecular weight is 294 g/mol. The monoisotopic (exact) mass is 294 g/mol. The summed E-state index contributed by atoms with van der Waals surface area (Å²) in [4.78, 5) is 9.59. The maximum Gasteiger partial charge on any atom is 0.268 e. The summed E-state index contributed by atoms with van der Waals surface area (Å²) in [5, 5.41) is 5.81. The van der Waals surface area contributed by atoms with Crippen molar-refractivity contribution in [3.05, 3.63) is 48.7 Å². The Kier molecular flexibility index (Phi) is 2.68. The Morgan fingerprint density at radius 2 is 2.05 bits per heavy atom. The summed E-state index contributed by atoms with van der Waals surface area (Å²) in [5.74, 6) is 1.04. The van der Waals surface area contributed by atoms with Crippen LogP contribution in [-0.2, 0) is 0 Å². The average Bonchev–Trinajstić information content (AvgIpc) is 3.15. The fraction of sp³-hybridized carbons (Fsp3) is 0. The second kappa shape index (κ2) is 4.68. The molecule has 0 saturated carbocycles. The number of nitrogens with zero attached hydrogens (tertiary/aromatic N) is 3. The Labute approximate surface area is 124 Å². The van der Waals surface area contributed by atoms with Gasteiger partial charge in [0.25, 0.3) is 5.89 Å². The predicted octanol–water partition coefficient (Wildman–Crippen LogP) is 3.60. The molecule has 0 amide bonds. The largest absolute Gasteiger partial charge is 0.391 e. The van der Waals surface area contributed by atoms with Crippen molar-refractivity contribution in [3.8, 4) is 22.2 Å². The zero-order chi connectivity index (χ0) is 14.2. The topological polar surface area (TPSA) is 77.8 Å². The second-order valence-electron chi connectivity index (χ2n) is 4.54. The summed E-state index contributed by atoms with van der Waals surface area (Å²) in [6.45, 7) is 0. The van der Waals surface area contributed by atoms with Crippen LogP contribution in [0.15, 0.2) is 53.2 Å². The highest BCUT2D eigenvalue weighted by molar-refractivity contribution is 7.19. The lowest BCUT2D eigenvalue weighted by molar-refractivity contribution is 0.433. The van der Waals surface area contributed by atoms with E-state index in [0.29, 0.717) is 11.7 Å². The molecule has 0 atom stereocenters. The van der Waals surface area contributed by atoms with Crippen molar-refractivity contribution in [1.29, 1.82) is 0 Å². The number of benzene rings is 1. The van der Waals surface area contributed by atoms with Gasteiger partial charge in [0.05, 0.1) is 15.4 Å². The van der Waals surface area contributed by atoms with Gasteiger partial charge < -0.3 is 10.3 Å². The molecule has 0 spiro atoms. The van der Waals surface area contributed by atoms with E-state index in [4.69, 9.17) is 10.3 Å². The Hall–Kier alpha value is -2.73. The van der Waals surface area contributed by atoms with Crippen molar-refractivity contribution < 1.29 is 4.52 Å². The summed E-state index contributed by atoms with van der Waals surface area (Å²) in [6, 6.07) is 13.5. The van der Waals surface area contributed by atoms with Gasteiger partial charge in [-0.15, -0.1) is 11.3 Å². The van der Waals surface area contributed by atoms with Gasteiger partial charge in [-0.2, -0.15) is 4.98 Å². The van der Waals surface area contributed by atoms with Gasteiger partial charge >= 0.3 is 0 Å². The number of aromatic nitrogens is 3. The number of hydrogen-bond donors (Lipinski definition) is 1. The van der Waals surface area contributed by atoms with E-state index < -0.39 is 0 Å². The highest BCUT2D eigenvalue weighted by atomic mass is 32.1. The number of hydrogen-bond acceptors (Lipinski definition) is 6. The van der Waals surface area contributed by atoms with E-state index in [0.717, 1.165) is 26.3 Å². The lowest BCUT2D eigenvalue weighted by atomic mass is 10.1. The van der Waals surface area contributed by atoms with Gasteiger partial charge in [0, 0.05) is 17.1 Å². The Bertz CT molecular complexity index is 928. The van der Waals surface area contributed by atoms with Crippen LogP contribution in [0.1, 0.15) is 0 Å². The molecule has 4 rings (SSSR count). The third-order valence-electron chi connectivity index (χ3n) is 3.12. The molecule has 1 aromatic carbocycles. The molecule has 4 aromatic rings. The summed E-state index contributed by atoms with van der Waals surface area (Å²) in [6.07, 6.45) is 1.77.